The van der Waals surface area contributed by atoms with Crippen LogP contribution in [0.4, 0.5) is 18.9 Å². The molecule has 2 heterocycles. The number of non-ortho nitro benzene ring substituents is 1. The largest absolute Gasteiger partial charge is 0.435 e. The maximum atomic E-state index is 13.1. The van der Waals surface area contributed by atoms with Crippen LogP contribution in [0, 0.1) is 10.1 Å². The summed E-state index contributed by atoms with van der Waals surface area (Å²) in [6.07, 6.45) is -4.72. The Morgan fingerprint density at radius 3 is 2.39 bits per heavy atom. The third kappa shape index (κ3) is 2.54. The van der Waals surface area contributed by atoms with E-state index >= 15 is 0 Å². The lowest BCUT2D eigenvalue weighted by atomic mass is 10.0. The van der Waals surface area contributed by atoms with E-state index in [0.29, 0.717) is 0 Å². The first-order chi connectivity index (χ1) is 10.8. The molecule has 0 unspecified atom stereocenters. The van der Waals surface area contributed by atoms with Gasteiger partial charge >= 0.3 is 6.18 Å². The zero-order chi connectivity index (χ0) is 16.8. The van der Waals surface area contributed by atoms with Gasteiger partial charge in [-0.05, 0) is 17.7 Å². The van der Waals surface area contributed by atoms with Crippen molar-refractivity contribution in [3.05, 3.63) is 56.5 Å². The van der Waals surface area contributed by atoms with Gasteiger partial charge in [0.15, 0.2) is 5.69 Å². The minimum Gasteiger partial charge on any atom is -0.307 e. The van der Waals surface area contributed by atoms with Crippen molar-refractivity contribution in [3.63, 3.8) is 0 Å². The zero-order valence-electron chi connectivity index (χ0n) is 11.1. The number of pyridine rings is 1. The number of hydrogen-bond acceptors (Lipinski definition) is 4. The highest BCUT2D eigenvalue weighted by atomic mass is 19.4. The summed E-state index contributed by atoms with van der Waals surface area (Å²) in [7, 11) is 0. The lowest BCUT2D eigenvalue weighted by molar-refractivity contribution is -0.384. The second-order valence-electron chi connectivity index (χ2n) is 4.67. The van der Waals surface area contributed by atoms with Crippen molar-refractivity contribution in [1.82, 2.24) is 15.2 Å². The van der Waals surface area contributed by atoms with E-state index in [1.54, 1.807) is 0 Å². The lowest BCUT2D eigenvalue weighted by Crippen LogP contribution is -2.08. The fourth-order valence-corrected chi connectivity index (χ4v) is 2.25. The second kappa shape index (κ2) is 4.93. The predicted molar refractivity (Wildman–Crippen MR) is 73.8 cm³/mol. The number of hydrogen-bond donors (Lipinski definition) is 2. The van der Waals surface area contributed by atoms with Gasteiger partial charge < -0.3 is 4.98 Å². The van der Waals surface area contributed by atoms with Gasteiger partial charge in [-0.3, -0.25) is 20.0 Å². The van der Waals surface area contributed by atoms with Crippen molar-refractivity contribution >= 4 is 16.7 Å². The fraction of sp³-hybridized carbons (Fsp3) is 0.0769. The van der Waals surface area contributed by atoms with Crippen LogP contribution in [-0.2, 0) is 6.18 Å². The van der Waals surface area contributed by atoms with E-state index in [1.165, 1.54) is 12.1 Å². The van der Waals surface area contributed by atoms with Gasteiger partial charge in [-0.1, -0.05) is 0 Å². The topological polar surface area (TPSA) is 105 Å². The molecule has 0 aliphatic heterocycles. The maximum Gasteiger partial charge on any atom is 0.435 e. The number of nitrogens with zero attached hydrogens (tertiary/aromatic N) is 2. The van der Waals surface area contributed by atoms with E-state index in [2.05, 4.69) is 15.2 Å². The summed E-state index contributed by atoms with van der Waals surface area (Å²) in [5.74, 6) is 0. The van der Waals surface area contributed by atoms with Gasteiger partial charge in [0.2, 0.25) is 5.56 Å². The van der Waals surface area contributed by atoms with Crippen LogP contribution in [0.2, 0.25) is 0 Å². The molecule has 118 valence electrons. The number of alkyl halides is 3. The Morgan fingerprint density at radius 2 is 1.83 bits per heavy atom. The SMILES string of the molecule is O=c1cc(-c2ccc([N+](=O)[O-])cc2)c2c(C(F)(F)F)n[nH]c2[nH]1. The number of aromatic amines is 2. The van der Waals surface area contributed by atoms with Gasteiger partial charge in [0.1, 0.15) is 5.65 Å². The van der Waals surface area contributed by atoms with Crippen LogP contribution in [0.15, 0.2) is 35.1 Å². The molecule has 7 nitrogen and oxygen atoms in total. The monoisotopic (exact) mass is 324 g/mol. The maximum absolute atomic E-state index is 13.1. The molecule has 0 atom stereocenters. The molecule has 0 spiro atoms. The molecule has 2 aromatic heterocycles. The Labute approximate surface area is 124 Å². The number of aromatic nitrogens is 3. The normalized spacial score (nSPS) is 11.8. The Balaban J connectivity index is 2.29. The van der Waals surface area contributed by atoms with Gasteiger partial charge in [-0.25, -0.2) is 0 Å². The molecule has 1 aromatic carbocycles. The molecule has 0 aliphatic rings. The van der Waals surface area contributed by atoms with Gasteiger partial charge in [-0.2, -0.15) is 18.3 Å². The number of fused-ring (bicyclic) bond motifs is 1. The number of benzene rings is 1. The Morgan fingerprint density at radius 1 is 1.17 bits per heavy atom. The van der Waals surface area contributed by atoms with Crippen LogP contribution >= 0.6 is 0 Å². The molecule has 3 aromatic rings. The highest BCUT2D eigenvalue weighted by Gasteiger charge is 2.37. The lowest BCUT2D eigenvalue weighted by Gasteiger charge is -2.07. The van der Waals surface area contributed by atoms with Crippen molar-refractivity contribution in [2.24, 2.45) is 0 Å². The smallest absolute Gasteiger partial charge is 0.307 e. The number of nitrogens with one attached hydrogen (secondary N) is 2. The second-order valence-corrected chi connectivity index (χ2v) is 4.67. The minimum absolute atomic E-state index is 0.0141. The molecule has 0 bridgehead atoms. The summed E-state index contributed by atoms with van der Waals surface area (Å²) in [6.45, 7) is 0. The summed E-state index contributed by atoms with van der Waals surface area (Å²) in [5, 5.41) is 15.7. The van der Waals surface area contributed by atoms with Crippen LogP contribution < -0.4 is 5.56 Å². The summed E-state index contributed by atoms with van der Waals surface area (Å²) in [4.78, 5) is 23.9. The summed E-state index contributed by atoms with van der Waals surface area (Å²) in [5.41, 5.74) is -1.95. The molecule has 0 aliphatic carbocycles. The minimum atomic E-state index is -4.72. The van der Waals surface area contributed by atoms with E-state index < -0.39 is 22.4 Å². The molecule has 2 N–H and O–H groups in total. The standard InChI is InChI=1S/C13H7F3N4O3/c14-13(15,16)11-10-8(5-9(21)17-12(10)19-18-11)6-1-3-7(4-2-6)20(22)23/h1-5H,(H2,17,18,19,21). The van der Waals surface area contributed by atoms with Crippen LogP contribution in [0.1, 0.15) is 5.69 Å². The predicted octanol–water partition coefficient (Wildman–Crippen LogP) is 2.85. The Kier molecular flexibility index (Phi) is 3.17. The molecule has 0 saturated carbocycles. The highest BCUT2D eigenvalue weighted by Crippen LogP contribution is 2.37. The van der Waals surface area contributed by atoms with Crippen molar-refractivity contribution in [1.29, 1.82) is 0 Å². The number of H-pyrrole nitrogens is 2. The molecule has 0 radical (unpaired) electrons. The molecule has 3 rings (SSSR count). The third-order valence-electron chi connectivity index (χ3n) is 3.22. The van der Waals surface area contributed by atoms with Gasteiger partial charge in [-0.15, -0.1) is 0 Å². The van der Waals surface area contributed by atoms with Crippen LogP contribution in [0.5, 0.6) is 0 Å². The number of nitro groups is 1. The Hall–Kier alpha value is -3.17. The van der Waals surface area contributed by atoms with Crippen molar-refractivity contribution in [3.8, 4) is 11.1 Å². The average Bonchev–Trinajstić information content (AvgIpc) is 2.90. The van der Waals surface area contributed by atoms with Crippen LogP contribution in [-0.4, -0.2) is 20.1 Å². The Bertz CT molecular complexity index is 957. The molecule has 10 heteroatoms. The third-order valence-corrected chi connectivity index (χ3v) is 3.22. The van der Waals surface area contributed by atoms with Crippen LogP contribution in [0.25, 0.3) is 22.2 Å². The van der Waals surface area contributed by atoms with E-state index in [0.717, 1.165) is 18.2 Å². The zero-order valence-corrected chi connectivity index (χ0v) is 11.1. The molecule has 0 amide bonds. The number of nitro benzene ring substituents is 1. The summed E-state index contributed by atoms with van der Waals surface area (Å²) in [6, 6.07) is 5.85. The first-order valence-corrected chi connectivity index (χ1v) is 6.21. The molecular weight excluding hydrogens is 317 g/mol. The summed E-state index contributed by atoms with van der Waals surface area (Å²) >= 11 is 0. The van der Waals surface area contributed by atoms with E-state index in [4.69, 9.17) is 0 Å². The van der Waals surface area contributed by atoms with E-state index in [-0.39, 0.29) is 27.8 Å². The number of rotatable bonds is 2. The average molecular weight is 324 g/mol. The molecular formula is C13H7F3N4O3. The van der Waals surface area contributed by atoms with E-state index in [1.807, 2.05) is 0 Å². The quantitative estimate of drug-likeness (QED) is 0.558. The summed E-state index contributed by atoms with van der Waals surface area (Å²) < 4.78 is 39.2. The molecule has 23 heavy (non-hydrogen) atoms. The van der Waals surface area contributed by atoms with Gasteiger partial charge in [0.25, 0.3) is 5.69 Å². The molecule has 0 saturated heterocycles. The van der Waals surface area contributed by atoms with Crippen molar-refractivity contribution in [2.75, 3.05) is 0 Å². The molecule has 0 fully saturated rings. The number of halogens is 3. The van der Waals surface area contributed by atoms with Gasteiger partial charge in [0.05, 0.1) is 10.3 Å². The van der Waals surface area contributed by atoms with Crippen molar-refractivity contribution in [2.45, 2.75) is 6.18 Å². The first-order valence-electron chi connectivity index (χ1n) is 6.21. The van der Waals surface area contributed by atoms with E-state index in [9.17, 15) is 28.1 Å². The first kappa shape index (κ1) is 14.8. The van der Waals surface area contributed by atoms with Crippen molar-refractivity contribution < 1.29 is 18.1 Å². The van der Waals surface area contributed by atoms with Gasteiger partial charge in [0, 0.05) is 23.8 Å². The highest BCUT2D eigenvalue weighted by molar-refractivity contribution is 5.94. The van der Waals surface area contributed by atoms with Crippen LogP contribution in [0.3, 0.4) is 0 Å². The fourth-order valence-electron chi connectivity index (χ4n) is 2.25.